The van der Waals surface area contributed by atoms with Gasteiger partial charge in [-0.2, -0.15) is 0 Å². The maximum absolute atomic E-state index is 12.5. The van der Waals surface area contributed by atoms with Gasteiger partial charge in [-0.15, -0.1) is 0 Å². The molecule has 0 saturated heterocycles. The van der Waals surface area contributed by atoms with Crippen molar-refractivity contribution in [1.29, 1.82) is 0 Å². The lowest BCUT2D eigenvalue weighted by Gasteiger charge is -2.03. The Labute approximate surface area is 79.7 Å². The minimum absolute atomic E-state index is 0.372. The number of halogens is 2. The third kappa shape index (κ3) is 2.81. The van der Waals surface area contributed by atoms with Gasteiger partial charge in [-0.1, -0.05) is 28.1 Å². The molecule has 3 heteroatoms. The normalized spacial score (nSPS) is 12.6. The van der Waals surface area contributed by atoms with Crippen molar-refractivity contribution in [3.63, 3.8) is 0 Å². The number of alkyl halides is 2. The van der Waals surface area contributed by atoms with E-state index in [2.05, 4.69) is 15.9 Å². The van der Waals surface area contributed by atoms with Gasteiger partial charge >= 0.3 is 0 Å². The third-order valence-corrected chi connectivity index (χ3v) is 1.85. The zero-order valence-electron chi connectivity index (χ0n) is 6.76. The van der Waals surface area contributed by atoms with Crippen molar-refractivity contribution in [1.82, 2.24) is 0 Å². The topological polar surface area (TPSA) is 9.23 Å². The quantitative estimate of drug-likeness (QED) is 0.729. The maximum Gasteiger partial charge on any atom is 0.158 e. The molecule has 1 rings (SSSR count). The van der Waals surface area contributed by atoms with Crippen LogP contribution in [0.15, 0.2) is 24.3 Å². The van der Waals surface area contributed by atoms with Crippen LogP contribution >= 0.6 is 15.9 Å². The molecule has 1 aromatic rings. The molecule has 0 aliphatic heterocycles. The van der Waals surface area contributed by atoms with E-state index in [4.69, 9.17) is 4.74 Å². The van der Waals surface area contributed by atoms with Gasteiger partial charge in [0.25, 0.3) is 0 Å². The van der Waals surface area contributed by atoms with Gasteiger partial charge in [-0.25, -0.2) is 4.39 Å². The van der Waals surface area contributed by atoms with Crippen molar-refractivity contribution in [2.45, 2.75) is 11.5 Å². The Bertz CT molecular complexity index is 250. The minimum atomic E-state index is -0.982. The fourth-order valence-corrected chi connectivity index (χ4v) is 1.35. The van der Waals surface area contributed by atoms with Crippen molar-refractivity contribution >= 4 is 15.9 Å². The van der Waals surface area contributed by atoms with Crippen LogP contribution in [0, 0.1) is 0 Å². The van der Waals surface area contributed by atoms with Gasteiger partial charge in [0.2, 0.25) is 0 Å². The van der Waals surface area contributed by atoms with Gasteiger partial charge < -0.3 is 4.74 Å². The lowest BCUT2D eigenvalue weighted by atomic mass is 10.1. The summed E-state index contributed by atoms with van der Waals surface area (Å²) >= 11 is 2.85. The average Bonchev–Trinajstić information content (AvgIpc) is 2.03. The molecular formula is C9H10BrFO. The molecule has 1 atom stereocenters. The predicted molar refractivity (Wildman–Crippen MR) is 50.5 cm³/mol. The van der Waals surface area contributed by atoms with Crippen molar-refractivity contribution in [2.75, 3.05) is 7.11 Å². The fourth-order valence-electron chi connectivity index (χ4n) is 0.978. The molecule has 0 bridgehead atoms. The van der Waals surface area contributed by atoms with E-state index in [-0.39, 0.29) is 0 Å². The summed E-state index contributed by atoms with van der Waals surface area (Å²) in [5.41, 5.74) is 0.929. The van der Waals surface area contributed by atoms with Gasteiger partial charge in [-0.05, 0) is 17.7 Å². The van der Waals surface area contributed by atoms with Crippen LogP contribution in [-0.4, -0.2) is 12.2 Å². The SMILES string of the molecule is COc1cccc(CC(F)Br)c1. The second kappa shape index (κ2) is 4.45. The molecule has 0 saturated carbocycles. The average molecular weight is 233 g/mol. The second-order valence-electron chi connectivity index (χ2n) is 2.45. The molecule has 0 fully saturated rings. The summed E-state index contributed by atoms with van der Waals surface area (Å²) in [6, 6.07) is 7.39. The van der Waals surface area contributed by atoms with E-state index < -0.39 is 5.08 Å². The van der Waals surface area contributed by atoms with Crippen LogP contribution in [0.3, 0.4) is 0 Å². The number of hydrogen-bond donors (Lipinski definition) is 0. The van der Waals surface area contributed by atoms with Crippen LogP contribution < -0.4 is 4.74 Å². The summed E-state index contributed by atoms with van der Waals surface area (Å²) in [5.74, 6) is 0.764. The van der Waals surface area contributed by atoms with Crippen LogP contribution in [0.25, 0.3) is 0 Å². The highest BCUT2D eigenvalue weighted by Crippen LogP contribution is 2.16. The van der Waals surface area contributed by atoms with Crippen molar-refractivity contribution < 1.29 is 9.13 Å². The highest BCUT2D eigenvalue weighted by atomic mass is 79.9. The standard InChI is InChI=1S/C9H10BrFO/c1-12-8-4-2-3-7(5-8)6-9(10)11/h2-5,9H,6H2,1H3. The third-order valence-electron chi connectivity index (χ3n) is 1.52. The first kappa shape index (κ1) is 9.52. The molecule has 0 N–H and O–H groups in total. The van der Waals surface area contributed by atoms with Crippen LogP contribution in [0.5, 0.6) is 5.75 Å². The molecule has 0 aromatic heterocycles. The molecule has 12 heavy (non-hydrogen) atoms. The van der Waals surface area contributed by atoms with Gasteiger partial charge in [-0.3, -0.25) is 0 Å². The van der Waals surface area contributed by atoms with Crippen LogP contribution in [0.2, 0.25) is 0 Å². The lowest BCUT2D eigenvalue weighted by molar-refractivity contribution is 0.413. The van der Waals surface area contributed by atoms with E-state index in [0.29, 0.717) is 6.42 Å². The van der Waals surface area contributed by atoms with Gasteiger partial charge in [0.15, 0.2) is 5.08 Å². The lowest BCUT2D eigenvalue weighted by Crippen LogP contribution is -1.94. The first-order valence-electron chi connectivity index (χ1n) is 3.63. The van der Waals surface area contributed by atoms with Crippen molar-refractivity contribution in [3.8, 4) is 5.75 Å². The Morgan fingerprint density at radius 2 is 2.33 bits per heavy atom. The molecule has 0 heterocycles. The highest BCUT2D eigenvalue weighted by molar-refractivity contribution is 9.09. The Balaban J connectivity index is 2.72. The second-order valence-corrected chi connectivity index (χ2v) is 3.44. The smallest absolute Gasteiger partial charge is 0.158 e. The van der Waals surface area contributed by atoms with E-state index in [1.54, 1.807) is 7.11 Å². The summed E-state index contributed by atoms with van der Waals surface area (Å²) < 4.78 is 17.5. The van der Waals surface area contributed by atoms with Crippen LogP contribution in [0.4, 0.5) is 4.39 Å². The number of rotatable bonds is 3. The number of methoxy groups -OCH3 is 1. The summed E-state index contributed by atoms with van der Waals surface area (Å²) in [7, 11) is 1.60. The van der Waals surface area contributed by atoms with E-state index in [0.717, 1.165) is 11.3 Å². The monoisotopic (exact) mass is 232 g/mol. The Kier molecular flexibility index (Phi) is 3.53. The van der Waals surface area contributed by atoms with Crippen LogP contribution in [-0.2, 0) is 6.42 Å². The molecule has 0 spiro atoms. The summed E-state index contributed by atoms with van der Waals surface area (Å²) in [6.07, 6.45) is 0.372. The first-order chi connectivity index (χ1) is 5.72. The van der Waals surface area contributed by atoms with Gasteiger partial charge in [0.05, 0.1) is 7.11 Å². The zero-order chi connectivity index (χ0) is 8.97. The van der Waals surface area contributed by atoms with Crippen molar-refractivity contribution in [2.24, 2.45) is 0 Å². The van der Waals surface area contributed by atoms with Crippen molar-refractivity contribution in [3.05, 3.63) is 29.8 Å². The molecule has 0 radical (unpaired) electrons. The molecule has 66 valence electrons. The fraction of sp³-hybridized carbons (Fsp3) is 0.333. The number of benzene rings is 1. The molecule has 1 unspecified atom stereocenters. The van der Waals surface area contributed by atoms with Crippen LogP contribution in [0.1, 0.15) is 5.56 Å². The maximum atomic E-state index is 12.5. The van der Waals surface area contributed by atoms with E-state index >= 15 is 0 Å². The predicted octanol–water partition coefficient (Wildman–Crippen LogP) is 2.93. The van der Waals surface area contributed by atoms with E-state index in [9.17, 15) is 4.39 Å². The molecule has 0 amide bonds. The first-order valence-corrected chi connectivity index (χ1v) is 4.55. The summed E-state index contributed by atoms with van der Waals surface area (Å²) in [5, 5.41) is -0.982. The van der Waals surface area contributed by atoms with E-state index in [1.807, 2.05) is 24.3 Å². The number of ether oxygens (including phenoxy) is 1. The Morgan fingerprint density at radius 1 is 1.58 bits per heavy atom. The molecule has 1 nitrogen and oxygen atoms in total. The largest absolute Gasteiger partial charge is 0.497 e. The Hall–Kier alpha value is -0.570. The molecule has 0 aliphatic carbocycles. The minimum Gasteiger partial charge on any atom is -0.497 e. The number of hydrogen-bond acceptors (Lipinski definition) is 1. The zero-order valence-corrected chi connectivity index (χ0v) is 8.34. The van der Waals surface area contributed by atoms with Gasteiger partial charge in [0, 0.05) is 6.42 Å². The van der Waals surface area contributed by atoms with E-state index in [1.165, 1.54) is 0 Å². The highest BCUT2D eigenvalue weighted by Gasteiger charge is 2.02. The summed E-state index contributed by atoms with van der Waals surface area (Å²) in [6.45, 7) is 0. The summed E-state index contributed by atoms with van der Waals surface area (Å²) in [4.78, 5) is 0. The van der Waals surface area contributed by atoms with Gasteiger partial charge in [0.1, 0.15) is 5.75 Å². The Morgan fingerprint density at radius 3 is 2.92 bits per heavy atom. The molecular weight excluding hydrogens is 223 g/mol. The molecule has 1 aromatic carbocycles. The molecule has 0 aliphatic rings.